The monoisotopic (exact) mass is 314 g/mol. The number of carboxylic acid groups (broad SMARTS) is 1. The summed E-state index contributed by atoms with van der Waals surface area (Å²) in [7, 11) is 0. The van der Waals surface area contributed by atoms with E-state index in [-0.39, 0.29) is 6.54 Å². The molecule has 2 heterocycles. The molecule has 0 aliphatic heterocycles. The summed E-state index contributed by atoms with van der Waals surface area (Å²) >= 11 is 4.81. The van der Waals surface area contributed by atoms with Gasteiger partial charge in [-0.05, 0) is 28.1 Å². The molecule has 0 aliphatic carbocycles. The lowest BCUT2D eigenvalue weighted by molar-refractivity contribution is -0.137. The van der Waals surface area contributed by atoms with E-state index in [1.165, 1.54) is 16.0 Å². The molecule has 8 heteroatoms. The van der Waals surface area contributed by atoms with Gasteiger partial charge in [-0.15, -0.1) is 16.4 Å². The maximum Gasteiger partial charge on any atom is 0.325 e. The minimum atomic E-state index is -0.950. The van der Waals surface area contributed by atoms with Gasteiger partial charge in [-0.1, -0.05) is 5.21 Å². The Morgan fingerprint density at radius 3 is 3.06 bits per heavy atom. The Kier molecular flexibility index (Phi) is 3.64. The molecule has 2 rings (SSSR count). The highest BCUT2D eigenvalue weighted by Crippen LogP contribution is 2.20. The fourth-order valence-electron chi connectivity index (χ4n) is 1.11. The van der Waals surface area contributed by atoms with Gasteiger partial charge in [-0.25, -0.2) is 9.67 Å². The van der Waals surface area contributed by atoms with Crippen LogP contribution in [0.4, 0.5) is 0 Å². The number of aliphatic carboxylic acids is 1. The first kappa shape index (κ1) is 11.9. The van der Waals surface area contributed by atoms with Crippen molar-refractivity contribution in [2.45, 2.75) is 6.54 Å². The van der Waals surface area contributed by atoms with Gasteiger partial charge in [-0.2, -0.15) is 0 Å². The van der Waals surface area contributed by atoms with Crippen molar-refractivity contribution >= 4 is 45.4 Å². The third-order valence-corrected chi connectivity index (χ3v) is 3.19. The molecule has 0 bridgehead atoms. The SMILES string of the molecule is O=C(O)Cn1cc(C=Cc2ncc(Br)s2)nn1. The number of carboxylic acids is 1. The van der Waals surface area contributed by atoms with Crippen molar-refractivity contribution in [3.05, 3.63) is 26.9 Å². The first-order valence-corrected chi connectivity index (χ1v) is 6.16. The Hall–Kier alpha value is -1.54. The van der Waals surface area contributed by atoms with E-state index in [9.17, 15) is 4.79 Å². The normalized spacial score (nSPS) is 11.1. The molecule has 1 N–H and O–H groups in total. The number of aromatic nitrogens is 4. The van der Waals surface area contributed by atoms with E-state index in [0.29, 0.717) is 5.69 Å². The molecule has 2 aromatic rings. The number of rotatable bonds is 4. The van der Waals surface area contributed by atoms with Crippen molar-refractivity contribution in [1.82, 2.24) is 20.0 Å². The van der Waals surface area contributed by atoms with Gasteiger partial charge in [0, 0.05) is 0 Å². The average molecular weight is 315 g/mol. The number of hydrogen-bond acceptors (Lipinski definition) is 5. The summed E-state index contributed by atoms with van der Waals surface area (Å²) in [5, 5.41) is 16.9. The lowest BCUT2D eigenvalue weighted by atomic mass is 10.4. The van der Waals surface area contributed by atoms with E-state index in [4.69, 9.17) is 5.11 Å². The van der Waals surface area contributed by atoms with Gasteiger partial charge in [0.2, 0.25) is 0 Å². The fraction of sp³-hybridized carbons (Fsp3) is 0.111. The van der Waals surface area contributed by atoms with E-state index < -0.39 is 5.97 Å². The van der Waals surface area contributed by atoms with Gasteiger partial charge in [0.15, 0.2) is 0 Å². The fourth-order valence-corrected chi connectivity index (χ4v) is 2.25. The van der Waals surface area contributed by atoms with E-state index in [1.807, 2.05) is 0 Å². The van der Waals surface area contributed by atoms with Crippen LogP contribution in [0.15, 0.2) is 16.2 Å². The Balaban J connectivity index is 2.06. The van der Waals surface area contributed by atoms with Crippen molar-refractivity contribution in [1.29, 1.82) is 0 Å². The standard InChI is InChI=1S/C9H7BrN4O2S/c10-7-3-11-8(17-7)2-1-6-4-14(13-12-6)5-9(15)16/h1-4H,5H2,(H,15,16). The molecule has 0 spiro atoms. The summed E-state index contributed by atoms with van der Waals surface area (Å²) in [5.41, 5.74) is 0.595. The molecular weight excluding hydrogens is 308 g/mol. The quantitative estimate of drug-likeness (QED) is 0.929. The second-order valence-electron chi connectivity index (χ2n) is 3.07. The zero-order valence-corrected chi connectivity index (χ0v) is 10.8. The van der Waals surface area contributed by atoms with Crippen LogP contribution in [-0.2, 0) is 11.3 Å². The smallest absolute Gasteiger partial charge is 0.325 e. The minimum absolute atomic E-state index is 0.191. The lowest BCUT2D eigenvalue weighted by Crippen LogP contribution is -2.08. The van der Waals surface area contributed by atoms with E-state index in [0.717, 1.165) is 8.79 Å². The maximum absolute atomic E-state index is 10.4. The van der Waals surface area contributed by atoms with E-state index >= 15 is 0 Å². The summed E-state index contributed by atoms with van der Waals surface area (Å²) in [6, 6.07) is 0. The second kappa shape index (κ2) is 5.19. The van der Waals surface area contributed by atoms with Crippen LogP contribution in [0.1, 0.15) is 10.7 Å². The van der Waals surface area contributed by atoms with Crippen LogP contribution in [0.3, 0.4) is 0 Å². The molecule has 0 unspecified atom stereocenters. The summed E-state index contributed by atoms with van der Waals surface area (Å²) in [4.78, 5) is 14.6. The highest BCUT2D eigenvalue weighted by molar-refractivity contribution is 9.11. The van der Waals surface area contributed by atoms with E-state index in [1.54, 1.807) is 24.5 Å². The minimum Gasteiger partial charge on any atom is -0.480 e. The number of halogens is 1. The van der Waals surface area contributed by atoms with E-state index in [2.05, 4.69) is 31.2 Å². The van der Waals surface area contributed by atoms with Crippen molar-refractivity contribution in [3.63, 3.8) is 0 Å². The van der Waals surface area contributed by atoms with Crippen molar-refractivity contribution in [3.8, 4) is 0 Å². The Bertz CT molecular complexity index is 563. The zero-order valence-electron chi connectivity index (χ0n) is 8.45. The molecule has 2 aromatic heterocycles. The molecule has 0 saturated heterocycles. The molecule has 0 fully saturated rings. The Labute approximate surface area is 109 Å². The molecule has 0 atom stereocenters. The topological polar surface area (TPSA) is 80.9 Å². The maximum atomic E-state index is 10.4. The molecule has 0 radical (unpaired) electrons. The molecule has 6 nitrogen and oxygen atoms in total. The zero-order chi connectivity index (χ0) is 12.3. The summed E-state index contributed by atoms with van der Waals surface area (Å²) in [6.07, 6.45) is 6.81. The van der Waals surface area contributed by atoms with Crippen molar-refractivity contribution in [2.75, 3.05) is 0 Å². The average Bonchev–Trinajstić information content (AvgIpc) is 2.84. The largest absolute Gasteiger partial charge is 0.480 e. The van der Waals surface area contributed by atoms with Crippen LogP contribution >= 0.6 is 27.3 Å². The molecule has 0 aromatic carbocycles. The van der Waals surface area contributed by atoms with Gasteiger partial charge in [0.25, 0.3) is 0 Å². The molecule has 88 valence electrons. The predicted octanol–water partition coefficient (Wildman–Crippen LogP) is 1.75. The molecule has 17 heavy (non-hydrogen) atoms. The van der Waals surface area contributed by atoms with Gasteiger partial charge < -0.3 is 5.11 Å². The number of nitrogens with zero attached hydrogens (tertiary/aromatic N) is 4. The van der Waals surface area contributed by atoms with Gasteiger partial charge >= 0.3 is 5.97 Å². The highest BCUT2D eigenvalue weighted by Gasteiger charge is 2.02. The Morgan fingerprint density at radius 1 is 1.59 bits per heavy atom. The summed E-state index contributed by atoms with van der Waals surface area (Å²) in [5.74, 6) is -0.950. The number of hydrogen-bond donors (Lipinski definition) is 1. The van der Waals surface area contributed by atoms with Crippen LogP contribution in [-0.4, -0.2) is 31.1 Å². The number of thiazole rings is 1. The molecular formula is C9H7BrN4O2S. The predicted molar refractivity (Wildman–Crippen MR) is 66.4 cm³/mol. The lowest BCUT2D eigenvalue weighted by Gasteiger charge is -1.90. The van der Waals surface area contributed by atoms with Crippen LogP contribution in [0.2, 0.25) is 0 Å². The molecule has 0 saturated carbocycles. The van der Waals surface area contributed by atoms with Crippen LogP contribution < -0.4 is 0 Å². The molecule has 0 amide bonds. The van der Waals surface area contributed by atoms with Gasteiger partial charge in [0.1, 0.15) is 17.2 Å². The van der Waals surface area contributed by atoms with Crippen molar-refractivity contribution < 1.29 is 9.90 Å². The van der Waals surface area contributed by atoms with Crippen LogP contribution in [0, 0.1) is 0 Å². The molecule has 0 aliphatic rings. The summed E-state index contributed by atoms with van der Waals surface area (Å²) < 4.78 is 2.21. The Morgan fingerprint density at radius 2 is 2.41 bits per heavy atom. The third-order valence-electron chi connectivity index (χ3n) is 1.75. The third kappa shape index (κ3) is 3.46. The second-order valence-corrected chi connectivity index (χ2v) is 5.51. The first-order chi connectivity index (χ1) is 8.13. The van der Waals surface area contributed by atoms with Gasteiger partial charge in [0.05, 0.1) is 16.2 Å². The van der Waals surface area contributed by atoms with Crippen LogP contribution in [0.25, 0.3) is 12.2 Å². The van der Waals surface area contributed by atoms with Crippen LogP contribution in [0.5, 0.6) is 0 Å². The number of carbonyl (C=O) groups is 1. The van der Waals surface area contributed by atoms with Crippen molar-refractivity contribution in [2.24, 2.45) is 0 Å². The highest BCUT2D eigenvalue weighted by atomic mass is 79.9. The van der Waals surface area contributed by atoms with Gasteiger partial charge in [-0.3, -0.25) is 4.79 Å². The first-order valence-electron chi connectivity index (χ1n) is 4.55. The summed E-state index contributed by atoms with van der Waals surface area (Å²) in [6.45, 7) is -0.191.